The third-order valence-corrected chi connectivity index (χ3v) is 1.75. The molecule has 14 heavy (non-hydrogen) atoms. The summed E-state index contributed by atoms with van der Waals surface area (Å²) in [6.45, 7) is 1.01. The quantitative estimate of drug-likeness (QED) is 0.810. The van der Waals surface area contributed by atoms with Crippen LogP contribution < -0.4 is 4.74 Å². The molecule has 0 spiro atoms. The minimum Gasteiger partial charge on any atom is -0.487 e. The van der Waals surface area contributed by atoms with E-state index in [0.29, 0.717) is 11.3 Å². The van der Waals surface area contributed by atoms with Gasteiger partial charge in [0.05, 0.1) is 6.61 Å². The summed E-state index contributed by atoms with van der Waals surface area (Å²) in [6, 6.07) is 5.05. The molecule has 0 unspecified atom stereocenters. The first-order valence-corrected chi connectivity index (χ1v) is 4.25. The van der Waals surface area contributed by atoms with Gasteiger partial charge in [0.25, 0.3) is 6.43 Å². The number of alkyl halides is 2. The van der Waals surface area contributed by atoms with Crippen LogP contribution in [-0.4, -0.2) is 18.1 Å². The van der Waals surface area contributed by atoms with Crippen molar-refractivity contribution in [3.63, 3.8) is 0 Å². The smallest absolute Gasteiger partial charge is 0.272 e. The molecule has 0 bridgehead atoms. The van der Waals surface area contributed by atoms with Gasteiger partial charge in [-0.1, -0.05) is 17.7 Å². The summed E-state index contributed by atoms with van der Waals surface area (Å²) in [5.74, 6) is 0.318. The Balaban J connectivity index is 2.75. The molecule has 0 atom stereocenters. The minimum atomic E-state index is -2.50. The third-order valence-electron chi connectivity index (χ3n) is 1.75. The van der Waals surface area contributed by atoms with Crippen molar-refractivity contribution in [1.29, 1.82) is 0 Å². The lowest BCUT2D eigenvalue weighted by Crippen LogP contribution is -2.08. The van der Waals surface area contributed by atoms with Crippen LogP contribution in [0.5, 0.6) is 5.75 Å². The topological polar surface area (TPSA) is 29.5 Å². The monoisotopic (exact) mass is 202 g/mol. The number of hydrogen-bond donors (Lipinski definition) is 1. The molecule has 0 heterocycles. The van der Waals surface area contributed by atoms with Crippen LogP contribution in [0.25, 0.3) is 0 Å². The molecular formula is C10H12F2O2. The molecule has 1 N–H and O–H groups in total. The van der Waals surface area contributed by atoms with E-state index in [-0.39, 0.29) is 6.61 Å². The molecule has 0 aliphatic heterocycles. The summed E-state index contributed by atoms with van der Waals surface area (Å²) in [6.07, 6.45) is -2.50. The molecule has 0 saturated carbocycles. The van der Waals surface area contributed by atoms with Gasteiger partial charge in [-0.2, -0.15) is 0 Å². The maximum atomic E-state index is 11.8. The Hall–Kier alpha value is -1.16. The molecule has 1 aromatic rings. The zero-order valence-electron chi connectivity index (χ0n) is 7.84. The maximum Gasteiger partial charge on any atom is 0.272 e. The Morgan fingerprint density at radius 1 is 1.43 bits per heavy atom. The molecule has 78 valence electrons. The van der Waals surface area contributed by atoms with Crippen molar-refractivity contribution in [3.05, 3.63) is 29.3 Å². The van der Waals surface area contributed by atoms with Crippen LogP contribution >= 0.6 is 0 Å². The lowest BCUT2D eigenvalue weighted by Gasteiger charge is -2.10. The Bertz CT molecular complexity index is 300. The SMILES string of the molecule is Cc1ccc(OCC(F)F)c(CO)c1. The van der Waals surface area contributed by atoms with Crippen LogP contribution in [-0.2, 0) is 6.61 Å². The molecule has 1 rings (SSSR count). The van der Waals surface area contributed by atoms with Crippen LogP contribution in [0.3, 0.4) is 0 Å². The predicted octanol–water partition coefficient (Wildman–Crippen LogP) is 2.13. The van der Waals surface area contributed by atoms with E-state index in [1.165, 1.54) is 0 Å². The van der Waals surface area contributed by atoms with Crippen molar-refractivity contribution in [1.82, 2.24) is 0 Å². The van der Waals surface area contributed by atoms with Crippen molar-refractivity contribution >= 4 is 0 Å². The highest BCUT2D eigenvalue weighted by molar-refractivity contribution is 5.36. The van der Waals surface area contributed by atoms with E-state index in [9.17, 15) is 8.78 Å². The van der Waals surface area contributed by atoms with E-state index < -0.39 is 13.0 Å². The van der Waals surface area contributed by atoms with Gasteiger partial charge in [0.15, 0.2) is 0 Å². The number of aliphatic hydroxyl groups is 1. The average Bonchev–Trinajstić information content (AvgIpc) is 2.15. The Labute approximate surface area is 81.1 Å². The highest BCUT2D eigenvalue weighted by atomic mass is 19.3. The summed E-state index contributed by atoms with van der Waals surface area (Å²) >= 11 is 0. The number of rotatable bonds is 4. The summed E-state index contributed by atoms with van der Waals surface area (Å²) in [7, 11) is 0. The highest BCUT2D eigenvalue weighted by Crippen LogP contribution is 2.20. The number of halogens is 2. The Kier molecular flexibility index (Phi) is 3.83. The molecule has 0 fully saturated rings. The Morgan fingerprint density at radius 3 is 2.71 bits per heavy atom. The Morgan fingerprint density at radius 2 is 2.14 bits per heavy atom. The van der Waals surface area contributed by atoms with Gasteiger partial charge in [0.2, 0.25) is 0 Å². The molecular weight excluding hydrogens is 190 g/mol. The number of aryl methyl sites for hydroxylation is 1. The number of aliphatic hydroxyl groups excluding tert-OH is 1. The normalized spacial score (nSPS) is 10.6. The second-order valence-electron chi connectivity index (χ2n) is 2.97. The summed E-state index contributed by atoms with van der Waals surface area (Å²) < 4.78 is 28.5. The second-order valence-corrected chi connectivity index (χ2v) is 2.97. The van der Waals surface area contributed by atoms with Gasteiger partial charge in [-0.05, 0) is 13.0 Å². The van der Waals surface area contributed by atoms with Gasteiger partial charge < -0.3 is 9.84 Å². The molecule has 0 aromatic heterocycles. The van der Waals surface area contributed by atoms with Crippen LogP contribution in [0.15, 0.2) is 18.2 Å². The van der Waals surface area contributed by atoms with Crippen molar-refractivity contribution in [3.8, 4) is 5.75 Å². The van der Waals surface area contributed by atoms with Crippen molar-refractivity contribution < 1.29 is 18.6 Å². The third kappa shape index (κ3) is 2.96. The predicted molar refractivity (Wildman–Crippen MR) is 48.6 cm³/mol. The molecule has 0 aliphatic rings. The van der Waals surface area contributed by atoms with E-state index in [1.807, 2.05) is 6.92 Å². The van der Waals surface area contributed by atoms with Gasteiger partial charge in [-0.15, -0.1) is 0 Å². The van der Waals surface area contributed by atoms with E-state index in [0.717, 1.165) is 5.56 Å². The lowest BCUT2D eigenvalue weighted by molar-refractivity contribution is 0.0806. The fourth-order valence-corrected chi connectivity index (χ4v) is 1.13. The zero-order valence-corrected chi connectivity index (χ0v) is 7.84. The van der Waals surface area contributed by atoms with Gasteiger partial charge in [-0.3, -0.25) is 0 Å². The summed E-state index contributed by atoms with van der Waals surface area (Å²) in [5, 5.41) is 8.94. The van der Waals surface area contributed by atoms with Crippen LogP contribution in [0.1, 0.15) is 11.1 Å². The van der Waals surface area contributed by atoms with Crippen molar-refractivity contribution in [2.24, 2.45) is 0 Å². The van der Waals surface area contributed by atoms with E-state index in [4.69, 9.17) is 9.84 Å². The molecule has 0 amide bonds. The molecule has 4 heteroatoms. The highest BCUT2D eigenvalue weighted by Gasteiger charge is 2.07. The first-order chi connectivity index (χ1) is 6.63. The molecule has 0 saturated heterocycles. The average molecular weight is 202 g/mol. The van der Waals surface area contributed by atoms with Gasteiger partial charge in [0, 0.05) is 5.56 Å². The number of benzene rings is 1. The van der Waals surface area contributed by atoms with Crippen LogP contribution in [0.4, 0.5) is 8.78 Å². The van der Waals surface area contributed by atoms with E-state index in [2.05, 4.69) is 0 Å². The molecule has 0 radical (unpaired) electrons. The van der Waals surface area contributed by atoms with E-state index >= 15 is 0 Å². The minimum absolute atomic E-state index is 0.208. The maximum absolute atomic E-state index is 11.8. The van der Waals surface area contributed by atoms with Gasteiger partial charge in [-0.25, -0.2) is 8.78 Å². The van der Waals surface area contributed by atoms with Crippen molar-refractivity contribution in [2.75, 3.05) is 6.61 Å². The fourth-order valence-electron chi connectivity index (χ4n) is 1.13. The first kappa shape index (κ1) is 10.9. The zero-order chi connectivity index (χ0) is 10.6. The lowest BCUT2D eigenvalue weighted by atomic mass is 10.1. The summed E-state index contributed by atoms with van der Waals surface area (Å²) in [5.41, 5.74) is 1.49. The fraction of sp³-hybridized carbons (Fsp3) is 0.400. The number of ether oxygens (including phenoxy) is 1. The van der Waals surface area contributed by atoms with Crippen molar-refractivity contribution in [2.45, 2.75) is 20.0 Å². The number of hydrogen-bond acceptors (Lipinski definition) is 2. The van der Waals surface area contributed by atoms with Crippen LogP contribution in [0, 0.1) is 6.92 Å². The second kappa shape index (κ2) is 4.91. The first-order valence-electron chi connectivity index (χ1n) is 4.25. The van der Waals surface area contributed by atoms with E-state index in [1.54, 1.807) is 18.2 Å². The molecule has 0 aliphatic carbocycles. The van der Waals surface area contributed by atoms with Crippen LogP contribution in [0.2, 0.25) is 0 Å². The largest absolute Gasteiger partial charge is 0.487 e. The molecule has 1 aromatic carbocycles. The van der Waals surface area contributed by atoms with Gasteiger partial charge >= 0.3 is 0 Å². The standard InChI is InChI=1S/C10H12F2O2/c1-7-2-3-9(8(4-7)5-13)14-6-10(11)12/h2-4,10,13H,5-6H2,1H3. The van der Waals surface area contributed by atoms with Gasteiger partial charge in [0.1, 0.15) is 12.4 Å². The summed E-state index contributed by atoms with van der Waals surface area (Å²) in [4.78, 5) is 0. The molecule has 2 nitrogen and oxygen atoms in total.